The predicted molar refractivity (Wildman–Crippen MR) is 129 cm³/mol. The Morgan fingerprint density at radius 3 is 2.31 bits per heavy atom. The van der Waals surface area contributed by atoms with Gasteiger partial charge in [0.1, 0.15) is 5.82 Å². The Labute approximate surface area is 205 Å². The number of aromatic amines is 1. The molecule has 0 radical (unpaired) electrons. The van der Waals surface area contributed by atoms with Crippen LogP contribution in [0.25, 0.3) is 33.5 Å². The molecule has 0 unspecified atom stereocenters. The topological polar surface area (TPSA) is 95.0 Å². The van der Waals surface area contributed by atoms with Crippen LogP contribution in [0.4, 0.5) is 19.1 Å². The van der Waals surface area contributed by atoms with Crippen molar-refractivity contribution < 1.29 is 23.1 Å². The van der Waals surface area contributed by atoms with Gasteiger partial charge < -0.3 is 15.0 Å². The third-order valence-electron chi connectivity index (χ3n) is 6.60. The zero-order valence-electron chi connectivity index (χ0n) is 19.3. The Kier molecular flexibility index (Phi) is 6.34. The smallest absolute Gasteiger partial charge is 0.416 e. The van der Waals surface area contributed by atoms with Crippen molar-refractivity contribution in [3.63, 3.8) is 0 Å². The molecule has 0 amide bonds. The molecule has 5 rings (SSSR count). The van der Waals surface area contributed by atoms with Crippen LogP contribution < -0.4 is 4.90 Å². The second-order valence-electron chi connectivity index (χ2n) is 9.03. The van der Waals surface area contributed by atoms with E-state index >= 15 is 0 Å². The van der Waals surface area contributed by atoms with Gasteiger partial charge in [0.05, 0.1) is 16.6 Å². The van der Waals surface area contributed by atoms with Crippen LogP contribution in [0, 0.1) is 5.92 Å². The van der Waals surface area contributed by atoms with E-state index < -0.39 is 17.7 Å². The minimum absolute atomic E-state index is 0.212. The summed E-state index contributed by atoms with van der Waals surface area (Å²) in [4.78, 5) is 29.3. The van der Waals surface area contributed by atoms with Gasteiger partial charge in [-0.3, -0.25) is 4.79 Å². The fraction of sp³-hybridized carbons (Fsp3) is 0.308. The largest absolute Gasteiger partial charge is 0.481 e. The van der Waals surface area contributed by atoms with Gasteiger partial charge in [-0.05, 0) is 48.9 Å². The van der Waals surface area contributed by atoms with Gasteiger partial charge in [-0.25, -0.2) is 15.0 Å². The number of anilines is 1. The van der Waals surface area contributed by atoms with Crippen molar-refractivity contribution in [2.45, 2.75) is 31.9 Å². The average Bonchev–Trinajstić information content (AvgIpc) is 3.31. The van der Waals surface area contributed by atoms with E-state index in [1.54, 1.807) is 12.4 Å². The van der Waals surface area contributed by atoms with E-state index in [9.17, 15) is 18.0 Å². The molecule has 7 nitrogen and oxygen atoms in total. The predicted octanol–water partition coefficient (Wildman–Crippen LogP) is 5.79. The van der Waals surface area contributed by atoms with E-state index in [1.165, 1.54) is 6.07 Å². The van der Waals surface area contributed by atoms with Gasteiger partial charge in [0.25, 0.3) is 0 Å². The van der Waals surface area contributed by atoms with E-state index in [0.717, 1.165) is 54.8 Å². The zero-order chi connectivity index (χ0) is 25.3. The van der Waals surface area contributed by atoms with Crippen molar-refractivity contribution in [3.05, 3.63) is 60.4 Å². The molecule has 0 aliphatic carbocycles. The molecule has 4 aromatic rings. The number of fused-ring (bicyclic) bond motifs is 1. The number of nitrogens with one attached hydrogen (secondary N) is 1. The van der Waals surface area contributed by atoms with Gasteiger partial charge in [0, 0.05) is 43.0 Å². The fourth-order valence-corrected chi connectivity index (χ4v) is 4.53. The summed E-state index contributed by atoms with van der Waals surface area (Å²) in [6.45, 7) is 1.61. The molecule has 1 aliphatic rings. The Morgan fingerprint density at radius 2 is 1.67 bits per heavy atom. The lowest BCUT2D eigenvalue weighted by molar-refractivity contribution is -0.138. The Bertz CT molecular complexity index is 1360. The first kappa shape index (κ1) is 23.8. The number of aliphatic carboxylic acids is 1. The molecule has 0 spiro atoms. The third kappa shape index (κ3) is 5.17. The van der Waals surface area contributed by atoms with Crippen LogP contribution in [-0.2, 0) is 11.0 Å². The zero-order valence-corrected chi connectivity index (χ0v) is 19.3. The second-order valence-corrected chi connectivity index (χ2v) is 9.03. The van der Waals surface area contributed by atoms with Crippen LogP contribution in [-0.4, -0.2) is 44.1 Å². The van der Waals surface area contributed by atoms with E-state index in [4.69, 9.17) is 5.11 Å². The highest BCUT2D eigenvalue weighted by atomic mass is 19.4. The van der Waals surface area contributed by atoms with Crippen LogP contribution >= 0.6 is 0 Å². The molecule has 186 valence electrons. The summed E-state index contributed by atoms with van der Waals surface area (Å²) >= 11 is 0. The summed E-state index contributed by atoms with van der Waals surface area (Å²) < 4.78 is 39.0. The molecule has 1 saturated heterocycles. The highest BCUT2D eigenvalue weighted by Crippen LogP contribution is 2.32. The molecule has 2 N–H and O–H groups in total. The average molecular weight is 496 g/mol. The molecule has 1 fully saturated rings. The number of H-pyrrole nitrogens is 1. The van der Waals surface area contributed by atoms with Crippen molar-refractivity contribution in [2.75, 3.05) is 18.0 Å². The molecule has 0 atom stereocenters. The number of halogens is 3. The monoisotopic (exact) mass is 495 g/mol. The molecule has 0 saturated carbocycles. The lowest BCUT2D eigenvalue weighted by atomic mass is 9.92. The molecule has 10 heteroatoms. The van der Waals surface area contributed by atoms with Crippen molar-refractivity contribution in [1.29, 1.82) is 0 Å². The minimum atomic E-state index is -4.41. The van der Waals surface area contributed by atoms with Crippen molar-refractivity contribution in [1.82, 2.24) is 19.9 Å². The van der Waals surface area contributed by atoms with Crippen LogP contribution in [0.15, 0.2) is 54.9 Å². The number of benzene rings is 2. The summed E-state index contributed by atoms with van der Waals surface area (Å²) in [6, 6.07) is 11.0. The molecular formula is C26H24F3N5O2. The SMILES string of the molecule is O=C(O)CCC1CCN(c2ncc(-c3ccc(-c4nc5ccc(C(F)(F)F)cc5[nH]4)cc3)cn2)CC1. The van der Waals surface area contributed by atoms with E-state index in [-0.39, 0.29) is 6.42 Å². The first-order valence-electron chi connectivity index (χ1n) is 11.7. The number of alkyl halides is 3. The molecule has 0 bridgehead atoms. The van der Waals surface area contributed by atoms with Gasteiger partial charge in [-0.15, -0.1) is 0 Å². The van der Waals surface area contributed by atoms with Crippen LogP contribution in [0.3, 0.4) is 0 Å². The number of carbonyl (C=O) groups is 1. The number of carboxylic acid groups (broad SMARTS) is 1. The lowest BCUT2D eigenvalue weighted by Crippen LogP contribution is -2.35. The molecule has 2 aromatic carbocycles. The van der Waals surface area contributed by atoms with Crippen molar-refractivity contribution in [2.24, 2.45) is 5.92 Å². The van der Waals surface area contributed by atoms with Gasteiger partial charge in [0.2, 0.25) is 5.95 Å². The van der Waals surface area contributed by atoms with Crippen LogP contribution in [0.2, 0.25) is 0 Å². The van der Waals surface area contributed by atoms with Gasteiger partial charge >= 0.3 is 12.1 Å². The Balaban J connectivity index is 1.25. The number of hydrogen-bond acceptors (Lipinski definition) is 5. The summed E-state index contributed by atoms with van der Waals surface area (Å²) in [5.41, 5.74) is 2.60. The highest BCUT2D eigenvalue weighted by Gasteiger charge is 2.30. The van der Waals surface area contributed by atoms with Gasteiger partial charge in [-0.2, -0.15) is 13.2 Å². The number of piperidine rings is 1. The van der Waals surface area contributed by atoms with Crippen LogP contribution in [0.5, 0.6) is 0 Å². The second kappa shape index (κ2) is 9.60. The lowest BCUT2D eigenvalue weighted by Gasteiger charge is -2.31. The summed E-state index contributed by atoms with van der Waals surface area (Å²) in [5, 5.41) is 8.86. The quantitative estimate of drug-likeness (QED) is 0.352. The molecule has 2 aromatic heterocycles. The number of rotatable bonds is 6. The van der Waals surface area contributed by atoms with Crippen molar-refractivity contribution >= 4 is 23.0 Å². The number of carboxylic acids is 1. The van der Waals surface area contributed by atoms with E-state index in [0.29, 0.717) is 35.1 Å². The number of aromatic nitrogens is 4. The minimum Gasteiger partial charge on any atom is -0.481 e. The molecule has 1 aliphatic heterocycles. The number of hydrogen-bond donors (Lipinski definition) is 2. The maximum atomic E-state index is 13.0. The number of imidazole rings is 1. The highest BCUT2D eigenvalue weighted by molar-refractivity contribution is 5.80. The van der Waals surface area contributed by atoms with Crippen LogP contribution in [0.1, 0.15) is 31.2 Å². The Hall–Kier alpha value is -3.95. The first-order valence-corrected chi connectivity index (χ1v) is 11.7. The maximum Gasteiger partial charge on any atom is 0.416 e. The fourth-order valence-electron chi connectivity index (χ4n) is 4.53. The third-order valence-corrected chi connectivity index (χ3v) is 6.60. The number of nitrogens with zero attached hydrogens (tertiary/aromatic N) is 4. The molecule has 3 heterocycles. The van der Waals surface area contributed by atoms with E-state index in [1.807, 2.05) is 24.3 Å². The molecular weight excluding hydrogens is 471 g/mol. The van der Waals surface area contributed by atoms with Crippen molar-refractivity contribution in [3.8, 4) is 22.5 Å². The van der Waals surface area contributed by atoms with Gasteiger partial charge in [0.15, 0.2) is 0 Å². The Morgan fingerprint density at radius 1 is 1.00 bits per heavy atom. The van der Waals surface area contributed by atoms with E-state index in [2.05, 4.69) is 24.8 Å². The first-order chi connectivity index (χ1) is 17.3. The summed E-state index contributed by atoms with van der Waals surface area (Å²) in [7, 11) is 0. The standard InChI is InChI=1S/C26H24F3N5O2/c27-26(28,29)20-6-7-21-22(13-20)33-24(32-21)18-4-2-17(3-5-18)19-14-30-25(31-15-19)34-11-9-16(10-12-34)1-8-23(35)36/h2-7,13-16H,1,8-12H2,(H,32,33)(H,35,36). The summed E-state index contributed by atoms with van der Waals surface area (Å²) in [5.74, 6) is 0.830. The molecule has 36 heavy (non-hydrogen) atoms. The van der Waals surface area contributed by atoms with Gasteiger partial charge in [-0.1, -0.05) is 24.3 Å². The summed E-state index contributed by atoms with van der Waals surface area (Å²) in [6.07, 6.45) is 1.92. The normalized spacial score (nSPS) is 14.9. The maximum absolute atomic E-state index is 13.0.